The Morgan fingerprint density at radius 3 is 1.92 bits per heavy atom. The van der Waals surface area contributed by atoms with Crippen molar-refractivity contribution >= 4 is 59.8 Å². The van der Waals surface area contributed by atoms with Gasteiger partial charge in [-0.2, -0.15) is 5.26 Å². The van der Waals surface area contributed by atoms with Gasteiger partial charge in [-0.15, -0.1) is 0 Å². The molecule has 0 unspecified atom stereocenters. The maximum absolute atomic E-state index is 9.34. The minimum Gasteiger partial charge on any atom is -0.308 e. The average Bonchev–Trinajstić information content (AvgIpc) is 3.65. The second-order valence-electron chi connectivity index (χ2n) is 14.9. The zero-order valence-corrected chi connectivity index (χ0v) is 31.5. The number of hydrogen-bond acceptors (Lipinski definition) is 5. The fraction of sp³-hybridized carbons (Fsp3) is 0. The van der Waals surface area contributed by atoms with Gasteiger partial charge in [0.05, 0.1) is 45.1 Å². The summed E-state index contributed by atoms with van der Waals surface area (Å²) in [6.07, 6.45) is 0. The number of nitriles is 1. The van der Waals surface area contributed by atoms with Gasteiger partial charge in [0.1, 0.15) is 5.69 Å². The zero-order chi connectivity index (χ0) is 39.0. The summed E-state index contributed by atoms with van der Waals surface area (Å²) in [7, 11) is 0. The number of fused-ring (bicyclic) bond motifs is 6. The molecule has 0 amide bonds. The molecular weight excluding hydrogens is 721 g/mol. The number of hydrogen-bond donors (Lipinski definition) is 0. The maximum Gasteiger partial charge on any atom is 0.179 e. The Hall–Kier alpha value is -8.27. The first-order valence-corrected chi connectivity index (χ1v) is 19.6. The van der Waals surface area contributed by atoms with Crippen molar-refractivity contribution in [2.45, 2.75) is 0 Å². The van der Waals surface area contributed by atoms with Gasteiger partial charge in [0, 0.05) is 49.0 Å². The first-order valence-electron chi connectivity index (χ1n) is 19.6. The van der Waals surface area contributed by atoms with E-state index in [1.54, 1.807) is 0 Å². The van der Waals surface area contributed by atoms with Crippen LogP contribution in [0.5, 0.6) is 0 Å². The van der Waals surface area contributed by atoms with Crippen LogP contribution < -0.4 is 0 Å². The molecule has 12 aromatic rings. The summed E-state index contributed by atoms with van der Waals surface area (Å²) in [5.74, 6) is 1.10. The standard InChI is InChI=1S/C53H30N6/c54-31-32-20-22-33(23-21-32)34-24-26-37(27-25-34)52-56-44(30-45(57-52)53-55-43-17-6-4-14-41(43)50(58-53)36-10-2-1-3-11-36)40-29-28-35-12-8-19-47-48(35)49(40)42-16-9-15-39-38-13-5-7-18-46(38)59(47)51(39)42/h1-30H. The van der Waals surface area contributed by atoms with Gasteiger partial charge in [-0.1, -0.05) is 146 Å². The average molecular weight is 751 g/mol. The van der Waals surface area contributed by atoms with Crippen molar-refractivity contribution < 1.29 is 0 Å². The Morgan fingerprint density at radius 2 is 1.08 bits per heavy atom. The van der Waals surface area contributed by atoms with E-state index in [9.17, 15) is 5.26 Å². The number of rotatable bonds is 5. The van der Waals surface area contributed by atoms with Crippen molar-refractivity contribution in [1.82, 2.24) is 24.3 Å². The number of aromatic nitrogens is 5. The lowest BCUT2D eigenvalue weighted by atomic mass is 9.93. The lowest BCUT2D eigenvalue weighted by Gasteiger charge is -2.17. The van der Waals surface area contributed by atoms with Crippen LogP contribution in [0.25, 0.3) is 116 Å². The zero-order valence-electron chi connectivity index (χ0n) is 31.5. The van der Waals surface area contributed by atoms with Crippen LogP contribution in [0.4, 0.5) is 0 Å². The van der Waals surface area contributed by atoms with E-state index < -0.39 is 0 Å². The Labute approximate surface area is 338 Å². The molecule has 4 heterocycles. The van der Waals surface area contributed by atoms with Gasteiger partial charge in [-0.25, -0.2) is 19.9 Å². The van der Waals surface area contributed by atoms with Crippen LogP contribution in [-0.2, 0) is 0 Å². The summed E-state index contributed by atoms with van der Waals surface area (Å²) in [5, 5.41) is 17.4. The summed E-state index contributed by atoms with van der Waals surface area (Å²) >= 11 is 0. The fourth-order valence-electron chi connectivity index (χ4n) is 8.90. The van der Waals surface area contributed by atoms with Crippen LogP contribution in [0.2, 0.25) is 0 Å². The molecule has 12 rings (SSSR count). The van der Waals surface area contributed by atoms with Gasteiger partial charge in [0.2, 0.25) is 0 Å². The van der Waals surface area contributed by atoms with E-state index in [1.807, 2.05) is 60.7 Å². The molecule has 272 valence electrons. The van der Waals surface area contributed by atoms with Crippen LogP contribution in [0.15, 0.2) is 182 Å². The lowest BCUT2D eigenvalue weighted by Crippen LogP contribution is -2.01. The van der Waals surface area contributed by atoms with Crippen LogP contribution in [0, 0.1) is 11.3 Å². The molecule has 6 nitrogen and oxygen atoms in total. The van der Waals surface area contributed by atoms with E-state index in [2.05, 4.69) is 132 Å². The molecule has 0 N–H and O–H groups in total. The van der Waals surface area contributed by atoms with Crippen LogP contribution in [0.1, 0.15) is 5.56 Å². The van der Waals surface area contributed by atoms with Crippen molar-refractivity contribution in [1.29, 1.82) is 5.26 Å². The number of nitrogens with zero attached hydrogens (tertiary/aromatic N) is 6. The molecule has 0 bridgehead atoms. The van der Waals surface area contributed by atoms with E-state index in [-0.39, 0.29) is 0 Å². The van der Waals surface area contributed by atoms with E-state index in [1.165, 1.54) is 38.0 Å². The highest BCUT2D eigenvalue weighted by atomic mass is 15.0. The Balaban J connectivity index is 1.14. The topological polar surface area (TPSA) is 79.8 Å². The maximum atomic E-state index is 9.34. The Bertz CT molecular complexity index is 3660. The van der Waals surface area contributed by atoms with Crippen molar-refractivity contribution in [3.63, 3.8) is 0 Å². The molecule has 8 aromatic carbocycles. The fourth-order valence-corrected chi connectivity index (χ4v) is 8.90. The molecule has 0 spiro atoms. The molecule has 0 aliphatic carbocycles. The molecular formula is C53H30N6. The molecule has 0 aliphatic heterocycles. The summed E-state index contributed by atoms with van der Waals surface area (Å²) in [6.45, 7) is 0. The SMILES string of the molecule is N#Cc1ccc(-c2ccc(-c3nc(-c4nc(-c5ccccc5)c5ccccc5n4)cc(-c4ccc5cccc6c5c4c4cccc5c7ccccc7n6c54)n3)cc2)cc1. The van der Waals surface area contributed by atoms with Crippen molar-refractivity contribution in [2.24, 2.45) is 0 Å². The molecule has 6 heteroatoms. The number of pyridine rings is 1. The molecule has 0 fully saturated rings. The molecule has 0 saturated heterocycles. The van der Waals surface area contributed by atoms with E-state index in [0.717, 1.165) is 61.0 Å². The monoisotopic (exact) mass is 750 g/mol. The quantitative estimate of drug-likeness (QED) is 0.129. The number of para-hydroxylation sites is 3. The Morgan fingerprint density at radius 1 is 0.424 bits per heavy atom. The molecule has 59 heavy (non-hydrogen) atoms. The highest BCUT2D eigenvalue weighted by molar-refractivity contribution is 6.29. The van der Waals surface area contributed by atoms with Gasteiger partial charge in [-0.3, -0.25) is 0 Å². The molecule has 0 saturated carbocycles. The smallest absolute Gasteiger partial charge is 0.179 e. The molecule has 0 radical (unpaired) electrons. The largest absolute Gasteiger partial charge is 0.308 e. The predicted molar refractivity (Wildman–Crippen MR) is 239 cm³/mol. The van der Waals surface area contributed by atoms with E-state index in [0.29, 0.717) is 22.9 Å². The second-order valence-corrected chi connectivity index (χ2v) is 14.9. The van der Waals surface area contributed by atoms with Gasteiger partial charge in [0.15, 0.2) is 11.6 Å². The first kappa shape index (κ1) is 32.9. The molecule has 0 aliphatic rings. The third-order valence-corrected chi connectivity index (χ3v) is 11.6. The van der Waals surface area contributed by atoms with Gasteiger partial charge < -0.3 is 4.40 Å². The van der Waals surface area contributed by atoms with Crippen LogP contribution >= 0.6 is 0 Å². The second kappa shape index (κ2) is 12.9. The minimum absolute atomic E-state index is 0.527. The lowest BCUT2D eigenvalue weighted by molar-refractivity contribution is 1.13. The summed E-state index contributed by atoms with van der Waals surface area (Å²) in [6, 6.07) is 64.9. The van der Waals surface area contributed by atoms with E-state index >= 15 is 0 Å². The molecule has 4 aromatic heterocycles. The first-order chi connectivity index (χ1) is 29.2. The Kier molecular flexibility index (Phi) is 7.19. The summed E-state index contributed by atoms with van der Waals surface area (Å²) < 4.78 is 2.43. The van der Waals surface area contributed by atoms with Crippen molar-refractivity contribution in [3.8, 4) is 62.6 Å². The minimum atomic E-state index is 0.527. The van der Waals surface area contributed by atoms with Crippen molar-refractivity contribution in [2.75, 3.05) is 0 Å². The summed E-state index contributed by atoms with van der Waals surface area (Å²) in [4.78, 5) is 21.0. The number of benzene rings is 8. The van der Waals surface area contributed by atoms with Gasteiger partial charge in [-0.05, 0) is 52.9 Å². The predicted octanol–water partition coefficient (Wildman–Crippen LogP) is 12.9. The van der Waals surface area contributed by atoms with Crippen molar-refractivity contribution in [3.05, 3.63) is 188 Å². The molecule has 0 atom stereocenters. The van der Waals surface area contributed by atoms with Crippen LogP contribution in [-0.4, -0.2) is 24.3 Å². The summed E-state index contributed by atoms with van der Waals surface area (Å²) in [5.41, 5.74) is 12.2. The van der Waals surface area contributed by atoms with Gasteiger partial charge in [0.25, 0.3) is 0 Å². The van der Waals surface area contributed by atoms with E-state index in [4.69, 9.17) is 19.9 Å². The third kappa shape index (κ3) is 5.12. The third-order valence-electron chi connectivity index (χ3n) is 11.6. The van der Waals surface area contributed by atoms with Gasteiger partial charge >= 0.3 is 0 Å². The normalized spacial score (nSPS) is 11.7. The van der Waals surface area contributed by atoms with Crippen LogP contribution in [0.3, 0.4) is 0 Å². The highest BCUT2D eigenvalue weighted by Gasteiger charge is 2.22. The highest BCUT2D eigenvalue weighted by Crippen LogP contribution is 2.44.